The summed E-state index contributed by atoms with van der Waals surface area (Å²) in [6, 6.07) is 10.0. The van der Waals surface area contributed by atoms with Crippen molar-refractivity contribution < 1.29 is 19.4 Å². The van der Waals surface area contributed by atoms with Gasteiger partial charge in [0.15, 0.2) is 5.78 Å². The number of aromatic hydroxyl groups is 1. The van der Waals surface area contributed by atoms with Gasteiger partial charge in [-0.3, -0.25) is 4.79 Å². The number of phenolic OH excluding ortho intramolecular Hbond substituents is 1. The maximum Gasteiger partial charge on any atom is 0.193 e. The molecule has 0 unspecified atom stereocenters. The molecule has 0 aliphatic heterocycles. The van der Waals surface area contributed by atoms with E-state index in [2.05, 4.69) is 0 Å². The highest BCUT2D eigenvalue weighted by molar-refractivity contribution is 6.32. The Kier molecular flexibility index (Phi) is 5.07. The molecule has 22 heavy (non-hydrogen) atoms. The molecular weight excluding hydrogens is 304 g/mol. The van der Waals surface area contributed by atoms with E-state index in [9.17, 15) is 9.90 Å². The van der Waals surface area contributed by atoms with Gasteiger partial charge < -0.3 is 14.6 Å². The first-order valence-electron chi connectivity index (χ1n) is 6.48. The van der Waals surface area contributed by atoms with E-state index in [0.717, 1.165) is 0 Å². The molecule has 0 bridgehead atoms. The van der Waals surface area contributed by atoms with Gasteiger partial charge in [-0.15, -0.1) is 0 Å². The second-order valence-corrected chi connectivity index (χ2v) is 4.85. The highest BCUT2D eigenvalue weighted by Crippen LogP contribution is 2.34. The van der Waals surface area contributed by atoms with E-state index < -0.39 is 5.78 Å². The Morgan fingerprint density at radius 1 is 1.18 bits per heavy atom. The van der Waals surface area contributed by atoms with Gasteiger partial charge >= 0.3 is 0 Å². The van der Waals surface area contributed by atoms with Crippen molar-refractivity contribution in [3.8, 4) is 17.2 Å². The first kappa shape index (κ1) is 15.9. The van der Waals surface area contributed by atoms with E-state index in [4.69, 9.17) is 21.1 Å². The first-order valence-corrected chi connectivity index (χ1v) is 6.86. The topological polar surface area (TPSA) is 55.8 Å². The summed E-state index contributed by atoms with van der Waals surface area (Å²) in [5.41, 5.74) is 0.788. The fourth-order valence-corrected chi connectivity index (χ4v) is 2.16. The number of carbonyl (C=O) groups is 1. The Morgan fingerprint density at radius 2 is 1.91 bits per heavy atom. The average Bonchev–Trinajstić information content (AvgIpc) is 2.52. The number of hydrogen-bond acceptors (Lipinski definition) is 4. The molecule has 0 atom stereocenters. The van der Waals surface area contributed by atoms with Crippen molar-refractivity contribution in [2.45, 2.75) is 0 Å². The standard InChI is InChI=1S/C17H15ClO4/c1-21-12-9-15(20)17(16(10-12)22-2)14(19)8-7-11-5-3-4-6-13(11)18/h3-10,20H,1-2H3. The van der Waals surface area contributed by atoms with Crippen LogP contribution in [-0.2, 0) is 0 Å². The van der Waals surface area contributed by atoms with E-state index in [1.54, 1.807) is 24.3 Å². The van der Waals surface area contributed by atoms with Gasteiger partial charge in [0.1, 0.15) is 22.8 Å². The van der Waals surface area contributed by atoms with Crippen LogP contribution < -0.4 is 9.47 Å². The lowest BCUT2D eigenvalue weighted by Crippen LogP contribution is -2.00. The quantitative estimate of drug-likeness (QED) is 0.669. The average molecular weight is 319 g/mol. The molecule has 0 saturated carbocycles. The minimum Gasteiger partial charge on any atom is -0.507 e. The predicted octanol–water partition coefficient (Wildman–Crippen LogP) is 3.96. The molecular formula is C17H15ClO4. The summed E-state index contributed by atoms with van der Waals surface area (Å²) < 4.78 is 10.2. The zero-order valence-corrected chi connectivity index (χ0v) is 12.9. The van der Waals surface area contributed by atoms with Crippen molar-refractivity contribution in [3.05, 3.63) is 58.6 Å². The van der Waals surface area contributed by atoms with Gasteiger partial charge in [-0.05, 0) is 23.8 Å². The zero-order valence-electron chi connectivity index (χ0n) is 12.2. The normalized spacial score (nSPS) is 10.7. The molecule has 0 radical (unpaired) electrons. The Labute approximate surface area is 133 Å². The number of hydrogen-bond donors (Lipinski definition) is 1. The molecule has 0 saturated heterocycles. The molecule has 1 N–H and O–H groups in total. The van der Waals surface area contributed by atoms with Crippen molar-refractivity contribution >= 4 is 23.5 Å². The number of phenols is 1. The summed E-state index contributed by atoms with van der Waals surface area (Å²) in [4.78, 5) is 12.3. The fourth-order valence-electron chi connectivity index (χ4n) is 1.96. The summed E-state index contributed by atoms with van der Waals surface area (Å²) in [5, 5.41) is 10.6. The van der Waals surface area contributed by atoms with Gasteiger partial charge in [0.25, 0.3) is 0 Å². The number of benzene rings is 2. The van der Waals surface area contributed by atoms with Crippen LogP contribution in [0.1, 0.15) is 15.9 Å². The van der Waals surface area contributed by atoms with E-state index >= 15 is 0 Å². The molecule has 5 heteroatoms. The van der Waals surface area contributed by atoms with Gasteiger partial charge in [0, 0.05) is 17.2 Å². The lowest BCUT2D eigenvalue weighted by atomic mass is 10.1. The van der Waals surface area contributed by atoms with Crippen molar-refractivity contribution in [2.75, 3.05) is 14.2 Å². The Morgan fingerprint density at radius 3 is 2.55 bits per heavy atom. The van der Waals surface area contributed by atoms with Crippen LogP contribution in [0.25, 0.3) is 6.08 Å². The highest BCUT2D eigenvalue weighted by atomic mass is 35.5. The second kappa shape index (κ2) is 7.00. The lowest BCUT2D eigenvalue weighted by molar-refractivity contribution is 0.104. The molecule has 0 aliphatic carbocycles. The summed E-state index contributed by atoms with van der Waals surface area (Å²) in [6.45, 7) is 0. The molecule has 0 heterocycles. The third kappa shape index (κ3) is 3.40. The van der Waals surface area contributed by atoms with Gasteiger partial charge in [-0.2, -0.15) is 0 Å². The van der Waals surface area contributed by atoms with Crippen LogP contribution in [0.15, 0.2) is 42.5 Å². The van der Waals surface area contributed by atoms with Crippen molar-refractivity contribution in [1.82, 2.24) is 0 Å². The summed E-state index contributed by atoms with van der Waals surface area (Å²) in [7, 11) is 2.88. The van der Waals surface area contributed by atoms with Gasteiger partial charge in [0.2, 0.25) is 0 Å². The molecule has 0 spiro atoms. The number of methoxy groups -OCH3 is 2. The lowest BCUT2D eigenvalue weighted by Gasteiger charge is -2.10. The van der Waals surface area contributed by atoms with Crippen molar-refractivity contribution in [2.24, 2.45) is 0 Å². The molecule has 2 rings (SSSR count). The largest absolute Gasteiger partial charge is 0.507 e. The predicted molar refractivity (Wildman–Crippen MR) is 86.0 cm³/mol. The highest BCUT2D eigenvalue weighted by Gasteiger charge is 2.17. The van der Waals surface area contributed by atoms with Crippen LogP contribution in [0.2, 0.25) is 5.02 Å². The van der Waals surface area contributed by atoms with Crippen LogP contribution in [0.5, 0.6) is 17.2 Å². The maximum atomic E-state index is 12.3. The van der Waals surface area contributed by atoms with Crippen LogP contribution in [0.4, 0.5) is 0 Å². The SMILES string of the molecule is COc1cc(O)c(C(=O)C=Cc2ccccc2Cl)c(OC)c1. The number of ketones is 1. The zero-order chi connectivity index (χ0) is 16.1. The molecule has 0 aliphatic rings. The number of carbonyl (C=O) groups excluding carboxylic acids is 1. The second-order valence-electron chi connectivity index (χ2n) is 4.44. The summed E-state index contributed by atoms with van der Waals surface area (Å²) in [6.07, 6.45) is 2.93. The Hall–Kier alpha value is -2.46. The minimum atomic E-state index is -0.392. The summed E-state index contributed by atoms with van der Waals surface area (Å²) >= 11 is 6.03. The van der Waals surface area contributed by atoms with Crippen LogP contribution in [0, 0.1) is 0 Å². The van der Waals surface area contributed by atoms with Crippen LogP contribution in [0.3, 0.4) is 0 Å². The van der Waals surface area contributed by atoms with E-state index in [1.807, 2.05) is 6.07 Å². The molecule has 0 fully saturated rings. The smallest absolute Gasteiger partial charge is 0.193 e. The number of halogens is 1. The molecule has 0 amide bonds. The molecule has 2 aromatic carbocycles. The van der Waals surface area contributed by atoms with Gasteiger partial charge in [-0.1, -0.05) is 29.8 Å². The molecule has 4 nitrogen and oxygen atoms in total. The minimum absolute atomic E-state index is 0.0756. The van der Waals surface area contributed by atoms with Crippen LogP contribution >= 0.6 is 11.6 Å². The third-order valence-electron chi connectivity index (χ3n) is 3.08. The number of allylic oxidation sites excluding steroid dienone is 1. The third-order valence-corrected chi connectivity index (χ3v) is 3.42. The Bertz CT molecular complexity index is 723. The summed E-state index contributed by atoms with van der Waals surface area (Å²) in [5.74, 6) is 0.0496. The number of rotatable bonds is 5. The van der Waals surface area contributed by atoms with Crippen LogP contribution in [-0.4, -0.2) is 25.1 Å². The first-order chi connectivity index (χ1) is 10.6. The van der Waals surface area contributed by atoms with E-state index in [1.165, 1.54) is 32.4 Å². The fraction of sp³-hybridized carbons (Fsp3) is 0.118. The maximum absolute atomic E-state index is 12.3. The molecule has 2 aromatic rings. The van der Waals surface area contributed by atoms with Crippen molar-refractivity contribution in [3.63, 3.8) is 0 Å². The monoisotopic (exact) mass is 318 g/mol. The van der Waals surface area contributed by atoms with E-state index in [-0.39, 0.29) is 17.1 Å². The van der Waals surface area contributed by atoms with E-state index in [0.29, 0.717) is 16.3 Å². The molecule has 114 valence electrons. The van der Waals surface area contributed by atoms with Gasteiger partial charge in [0.05, 0.1) is 14.2 Å². The van der Waals surface area contributed by atoms with Crippen molar-refractivity contribution in [1.29, 1.82) is 0 Å². The Balaban J connectivity index is 2.36. The van der Waals surface area contributed by atoms with Gasteiger partial charge in [-0.25, -0.2) is 0 Å². The number of ether oxygens (including phenoxy) is 2. The molecule has 0 aromatic heterocycles.